The van der Waals surface area contributed by atoms with Crippen molar-refractivity contribution >= 4 is 5.97 Å². The number of fused-ring (bicyclic) bond motifs is 4. The van der Waals surface area contributed by atoms with E-state index in [9.17, 15) is 15.0 Å². The van der Waals surface area contributed by atoms with Gasteiger partial charge in [-0.1, -0.05) is 0 Å². The lowest BCUT2D eigenvalue weighted by molar-refractivity contribution is -0.364. The highest BCUT2D eigenvalue weighted by molar-refractivity contribution is 5.79. The molecule has 1 aliphatic carbocycles. The SMILES string of the molecule is COc1cc([C@@H]2c3cc4c(cc3C(OC3OC5COC(C)OC5C(O)C3O)[C@H]3COC(=O)C23)OCO4)cc(OC)c1OC. The van der Waals surface area contributed by atoms with E-state index in [2.05, 4.69) is 0 Å². The molecule has 2 aromatic carbocycles. The molecule has 8 unspecified atom stereocenters. The maximum atomic E-state index is 13.5. The largest absolute Gasteiger partial charge is 0.493 e. The minimum Gasteiger partial charge on any atom is -0.493 e. The summed E-state index contributed by atoms with van der Waals surface area (Å²) in [7, 11) is 4.58. The van der Waals surface area contributed by atoms with Crippen LogP contribution in [0.1, 0.15) is 35.6 Å². The number of benzene rings is 2. The smallest absolute Gasteiger partial charge is 0.310 e. The average molecular weight is 603 g/mol. The minimum atomic E-state index is -1.42. The van der Waals surface area contributed by atoms with Crippen LogP contribution >= 0.6 is 0 Å². The average Bonchev–Trinajstić information content (AvgIpc) is 3.64. The second kappa shape index (κ2) is 11.0. The second-order valence-corrected chi connectivity index (χ2v) is 11.2. The highest BCUT2D eigenvalue weighted by Crippen LogP contribution is 2.57. The van der Waals surface area contributed by atoms with E-state index in [-0.39, 0.29) is 20.0 Å². The fraction of sp³-hybridized carbons (Fsp3) is 0.567. The molecule has 0 bridgehead atoms. The Morgan fingerprint density at radius 3 is 2.21 bits per heavy atom. The number of cyclic esters (lactones) is 1. The second-order valence-electron chi connectivity index (χ2n) is 11.2. The molecule has 0 amide bonds. The molecule has 0 spiro atoms. The van der Waals surface area contributed by atoms with E-state index in [0.29, 0.717) is 34.3 Å². The molecule has 5 aliphatic rings. The summed E-state index contributed by atoms with van der Waals surface area (Å²) in [5.41, 5.74) is 2.19. The summed E-state index contributed by atoms with van der Waals surface area (Å²) in [6.45, 7) is 1.99. The first-order chi connectivity index (χ1) is 20.8. The van der Waals surface area contributed by atoms with Crippen LogP contribution in [-0.4, -0.2) is 94.5 Å². The lowest BCUT2D eigenvalue weighted by atomic mass is 9.66. The highest BCUT2D eigenvalue weighted by Gasteiger charge is 2.56. The van der Waals surface area contributed by atoms with Crippen LogP contribution in [-0.2, 0) is 28.5 Å². The standard InChI is InChI=1S/C30H34O13/c1-12-37-10-21-28(41-12)24(31)25(32)30(42-21)43-26-15-8-18-17(39-11-40-18)7-14(15)22(23-16(26)9-38-29(23)33)13-5-19(34-2)27(36-4)20(6-13)35-3/h5-8,12,16,21-26,28,30-32H,9-11H2,1-4H3/t12?,16-,21?,22+,23?,24?,25?,26?,28?,30?/m0/s1. The van der Waals surface area contributed by atoms with Crippen molar-refractivity contribution in [1.82, 2.24) is 0 Å². The zero-order valence-electron chi connectivity index (χ0n) is 24.1. The molecule has 4 aliphatic heterocycles. The van der Waals surface area contributed by atoms with E-state index in [1.165, 1.54) is 21.3 Å². The summed E-state index contributed by atoms with van der Waals surface area (Å²) in [6, 6.07) is 7.31. The summed E-state index contributed by atoms with van der Waals surface area (Å²) < 4.78 is 57.7. The number of ether oxygens (including phenoxy) is 10. The number of methoxy groups -OCH3 is 3. The Labute approximate surface area is 247 Å². The molecule has 2 aromatic rings. The van der Waals surface area contributed by atoms with Gasteiger partial charge < -0.3 is 57.6 Å². The van der Waals surface area contributed by atoms with E-state index < -0.39 is 66.8 Å². The van der Waals surface area contributed by atoms with Gasteiger partial charge in [-0.15, -0.1) is 0 Å². The molecular weight excluding hydrogens is 568 g/mol. The van der Waals surface area contributed by atoms with Crippen molar-refractivity contribution in [2.75, 3.05) is 41.3 Å². The monoisotopic (exact) mass is 602 g/mol. The van der Waals surface area contributed by atoms with Gasteiger partial charge in [0.05, 0.1) is 46.6 Å². The normalized spacial score (nSPS) is 35.8. The lowest BCUT2D eigenvalue weighted by Gasteiger charge is -2.47. The molecule has 13 heteroatoms. The molecule has 2 N–H and O–H groups in total. The Morgan fingerprint density at radius 1 is 0.837 bits per heavy atom. The number of rotatable bonds is 6. The van der Waals surface area contributed by atoms with Crippen molar-refractivity contribution in [2.45, 2.75) is 55.9 Å². The lowest BCUT2D eigenvalue weighted by Crippen LogP contribution is -2.63. The predicted octanol–water partition coefficient (Wildman–Crippen LogP) is 1.64. The first-order valence-corrected chi connectivity index (χ1v) is 14.2. The van der Waals surface area contributed by atoms with Gasteiger partial charge >= 0.3 is 5.97 Å². The van der Waals surface area contributed by atoms with Gasteiger partial charge in [-0.3, -0.25) is 4.79 Å². The van der Waals surface area contributed by atoms with Crippen molar-refractivity contribution in [3.63, 3.8) is 0 Å². The van der Waals surface area contributed by atoms with E-state index in [1.54, 1.807) is 6.92 Å². The van der Waals surface area contributed by atoms with Gasteiger partial charge in [0.1, 0.15) is 24.4 Å². The highest BCUT2D eigenvalue weighted by atomic mass is 16.8. The molecule has 0 saturated carbocycles. The molecule has 0 aromatic heterocycles. The number of esters is 1. The Balaban J connectivity index is 1.32. The fourth-order valence-corrected chi connectivity index (χ4v) is 6.92. The predicted molar refractivity (Wildman–Crippen MR) is 143 cm³/mol. The van der Waals surface area contributed by atoms with Crippen LogP contribution in [0.4, 0.5) is 0 Å². The first-order valence-electron chi connectivity index (χ1n) is 14.2. The third-order valence-electron chi connectivity index (χ3n) is 8.93. The van der Waals surface area contributed by atoms with Gasteiger partial charge in [0, 0.05) is 11.8 Å². The number of carbonyl (C=O) groups is 1. The molecule has 4 heterocycles. The minimum absolute atomic E-state index is 0.0473. The van der Waals surface area contributed by atoms with Gasteiger partial charge in [0.2, 0.25) is 12.5 Å². The molecule has 3 fully saturated rings. The molecule has 43 heavy (non-hydrogen) atoms. The molecule has 13 nitrogen and oxygen atoms in total. The third-order valence-corrected chi connectivity index (χ3v) is 8.93. The summed E-state index contributed by atoms with van der Waals surface area (Å²) in [5.74, 6) is 0.289. The van der Waals surface area contributed by atoms with Crippen LogP contribution < -0.4 is 23.7 Å². The number of aliphatic hydroxyl groups excluding tert-OH is 2. The van der Waals surface area contributed by atoms with Crippen molar-refractivity contribution in [3.05, 3.63) is 41.0 Å². The van der Waals surface area contributed by atoms with Gasteiger partial charge in [0.25, 0.3) is 0 Å². The zero-order chi connectivity index (χ0) is 30.0. The van der Waals surface area contributed by atoms with Crippen LogP contribution in [0.2, 0.25) is 0 Å². The van der Waals surface area contributed by atoms with Crippen molar-refractivity contribution in [1.29, 1.82) is 0 Å². The molecule has 7 rings (SSSR count). The maximum absolute atomic E-state index is 13.5. The fourth-order valence-electron chi connectivity index (χ4n) is 6.92. The van der Waals surface area contributed by atoms with Crippen molar-refractivity contribution in [3.8, 4) is 28.7 Å². The Hall–Kier alpha value is -3.33. The zero-order valence-corrected chi connectivity index (χ0v) is 24.1. The first kappa shape index (κ1) is 28.4. The number of aliphatic hydroxyl groups is 2. The quantitative estimate of drug-likeness (QED) is 0.462. The van der Waals surface area contributed by atoms with Crippen LogP contribution in [0.5, 0.6) is 28.7 Å². The number of hydrogen-bond donors (Lipinski definition) is 2. The van der Waals surface area contributed by atoms with E-state index >= 15 is 0 Å². The van der Waals surface area contributed by atoms with E-state index in [4.69, 9.17) is 47.4 Å². The van der Waals surface area contributed by atoms with Gasteiger partial charge in [-0.2, -0.15) is 0 Å². The summed E-state index contributed by atoms with van der Waals surface area (Å²) >= 11 is 0. The Kier molecular flexibility index (Phi) is 7.27. The molecule has 0 radical (unpaired) electrons. The number of carbonyl (C=O) groups excluding carboxylic acids is 1. The van der Waals surface area contributed by atoms with Crippen LogP contribution in [0.3, 0.4) is 0 Å². The Bertz CT molecular complexity index is 1370. The third kappa shape index (κ3) is 4.57. The van der Waals surface area contributed by atoms with Crippen molar-refractivity contribution < 1.29 is 62.4 Å². The Morgan fingerprint density at radius 2 is 1.53 bits per heavy atom. The van der Waals surface area contributed by atoms with Crippen molar-refractivity contribution in [2.24, 2.45) is 11.8 Å². The maximum Gasteiger partial charge on any atom is 0.310 e. The van der Waals surface area contributed by atoms with Gasteiger partial charge in [-0.05, 0) is 47.9 Å². The summed E-state index contributed by atoms with van der Waals surface area (Å²) in [4.78, 5) is 13.5. The molecule has 3 saturated heterocycles. The van der Waals surface area contributed by atoms with Gasteiger partial charge in [-0.25, -0.2) is 0 Å². The molecule has 10 atom stereocenters. The van der Waals surface area contributed by atoms with Gasteiger partial charge in [0.15, 0.2) is 35.6 Å². The van der Waals surface area contributed by atoms with Crippen LogP contribution in [0.25, 0.3) is 0 Å². The topological polar surface area (TPSA) is 150 Å². The van der Waals surface area contributed by atoms with E-state index in [0.717, 1.165) is 11.1 Å². The molecule has 232 valence electrons. The summed E-state index contributed by atoms with van der Waals surface area (Å²) in [5, 5.41) is 22.0. The van der Waals surface area contributed by atoms with Crippen LogP contribution in [0, 0.1) is 11.8 Å². The van der Waals surface area contributed by atoms with Crippen LogP contribution in [0.15, 0.2) is 24.3 Å². The number of hydrogen-bond acceptors (Lipinski definition) is 13. The van der Waals surface area contributed by atoms with E-state index in [1.807, 2.05) is 24.3 Å². The molecular formula is C30H34O13. The summed E-state index contributed by atoms with van der Waals surface area (Å²) in [6.07, 6.45) is -6.70.